The molecule has 1 fully saturated rings. The zero-order valence-corrected chi connectivity index (χ0v) is 9.97. The Hall–Kier alpha value is -1.39. The second kappa shape index (κ2) is 5.29. The molecule has 0 spiro atoms. The van der Waals surface area contributed by atoms with E-state index in [1.807, 2.05) is 25.2 Å². The van der Waals surface area contributed by atoms with Crippen LogP contribution in [0.3, 0.4) is 0 Å². The standard InChI is InChI=1S/C13H18N2O2/c1-15(9-10-5-3-2-4-6-10)11-7-12(13(16)17)14-8-11/h2-6,11-12,14H,7-9H2,1H3,(H,16,17)/t11?,12-/m0/s1. The molecule has 1 saturated heterocycles. The van der Waals surface area contributed by atoms with E-state index < -0.39 is 12.0 Å². The van der Waals surface area contributed by atoms with Crippen molar-refractivity contribution < 1.29 is 9.90 Å². The van der Waals surface area contributed by atoms with Gasteiger partial charge in [0.05, 0.1) is 0 Å². The number of benzene rings is 1. The van der Waals surface area contributed by atoms with Crippen LogP contribution in [0.5, 0.6) is 0 Å². The van der Waals surface area contributed by atoms with Crippen LogP contribution in [0.15, 0.2) is 30.3 Å². The molecule has 17 heavy (non-hydrogen) atoms. The van der Waals surface area contributed by atoms with Crippen molar-refractivity contribution in [3.05, 3.63) is 35.9 Å². The Morgan fingerprint density at radius 2 is 2.18 bits per heavy atom. The number of likely N-dealkylation sites (N-methyl/N-ethyl adjacent to an activating group) is 1. The number of aliphatic carboxylic acids is 1. The van der Waals surface area contributed by atoms with Crippen molar-refractivity contribution in [1.82, 2.24) is 10.2 Å². The van der Waals surface area contributed by atoms with E-state index in [1.165, 1.54) is 5.56 Å². The van der Waals surface area contributed by atoms with Crippen LogP contribution >= 0.6 is 0 Å². The van der Waals surface area contributed by atoms with Crippen molar-refractivity contribution >= 4 is 5.97 Å². The molecule has 0 aliphatic carbocycles. The van der Waals surface area contributed by atoms with Gasteiger partial charge in [0, 0.05) is 19.1 Å². The van der Waals surface area contributed by atoms with Crippen LogP contribution in [0.25, 0.3) is 0 Å². The van der Waals surface area contributed by atoms with Gasteiger partial charge in [-0.2, -0.15) is 0 Å². The van der Waals surface area contributed by atoms with Crippen molar-refractivity contribution in [3.8, 4) is 0 Å². The quantitative estimate of drug-likeness (QED) is 0.814. The number of carboxylic acid groups (broad SMARTS) is 1. The lowest BCUT2D eigenvalue weighted by atomic mass is 10.1. The molecule has 0 amide bonds. The lowest BCUT2D eigenvalue weighted by Crippen LogP contribution is -2.32. The molecule has 0 bridgehead atoms. The summed E-state index contributed by atoms with van der Waals surface area (Å²) in [7, 11) is 2.05. The van der Waals surface area contributed by atoms with Gasteiger partial charge in [0.25, 0.3) is 0 Å². The fraction of sp³-hybridized carbons (Fsp3) is 0.462. The molecule has 2 atom stereocenters. The third kappa shape index (κ3) is 3.05. The van der Waals surface area contributed by atoms with Crippen LogP contribution in [0.4, 0.5) is 0 Å². The van der Waals surface area contributed by atoms with E-state index in [-0.39, 0.29) is 0 Å². The highest BCUT2D eigenvalue weighted by molar-refractivity contribution is 5.73. The average Bonchev–Trinajstić information content (AvgIpc) is 2.79. The van der Waals surface area contributed by atoms with Crippen molar-refractivity contribution in [2.24, 2.45) is 0 Å². The van der Waals surface area contributed by atoms with Gasteiger partial charge in [-0.15, -0.1) is 0 Å². The Morgan fingerprint density at radius 3 is 2.76 bits per heavy atom. The maximum Gasteiger partial charge on any atom is 0.320 e. The van der Waals surface area contributed by atoms with Gasteiger partial charge >= 0.3 is 5.97 Å². The lowest BCUT2D eigenvalue weighted by molar-refractivity contribution is -0.139. The van der Waals surface area contributed by atoms with Crippen LogP contribution in [-0.2, 0) is 11.3 Å². The van der Waals surface area contributed by atoms with Crippen molar-refractivity contribution in [2.45, 2.75) is 25.0 Å². The van der Waals surface area contributed by atoms with Crippen molar-refractivity contribution in [3.63, 3.8) is 0 Å². The predicted molar refractivity (Wildman–Crippen MR) is 65.7 cm³/mol. The van der Waals surface area contributed by atoms with Gasteiger partial charge in [0.15, 0.2) is 0 Å². The second-order valence-electron chi connectivity index (χ2n) is 4.59. The third-order valence-electron chi connectivity index (χ3n) is 3.30. The van der Waals surface area contributed by atoms with E-state index in [9.17, 15) is 4.79 Å². The molecule has 1 aromatic carbocycles. The Balaban J connectivity index is 1.89. The first-order valence-corrected chi connectivity index (χ1v) is 5.87. The monoisotopic (exact) mass is 234 g/mol. The highest BCUT2D eigenvalue weighted by Crippen LogP contribution is 2.15. The van der Waals surface area contributed by atoms with Gasteiger partial charge in [0.1, 0.15) is 6.04 Å². The number of rotatable bonds is 4. The molecule has 0 aromatic heterocycles. The third-order valence-corrected chi connectivity index (χ3v) is 3.30. The molecule has 1 aliphatic heterocycles. The molecule has 1 aliphatic rings. The number of nitrogens with one attached hydrogen (secondary N) is 1. The Labute approximate surface area is 101 Å². The van der Waals surface area contributed by atoms with Crippen LogP contribution in [0.2, 0.25) is 0 Å². The lowest BCUT2D eigenvalue weighted by Gasteiger charge is -2.23. The van der Waals surface area contributed by atoms with Gasteiger partial charge < -0.3 is 10.4 Å². The smallest absolute Gasteiger partial charge is 0.320 e. The predicted octanol–water partition coefficient (Wildman–Crippen LogP) is 0.933. The maximum absolute atomic E-state index is 10.8. The summed E-state index contributed by atoms with van der Waals surface area (Å²) in [5, 5.41) is 12.0. The van der Waals surface area contributed by atoms with Gasteiger partial charge in [0.2, 0.25) is 0 Å². The number of hydrogen-bond donors (Lipinski definition) is 2. The molecule has 1 aromatic rings. The van der Waals surface area contributed by atoms with E-state index in [0.29, 0.717) is 12.5 Å². The number of hydrogen-bond acceptors (Lipinski definition) is 3. The summed E-state index contributed by atoms with van der Waals surface area (Å²) >= 11 is 0. The molecule has 4 heteroatoms. The maximum atomic E-state index is 10.8. The Morgan fingerprint density at radius 1 is 1.47 bits per heavy atom. The summed E-state index contributed by atoms with van der Waals surface area (Å²) in [6.45, 7) is 1.61. The normalized spacial score (nSPS) is 24.1. The minimum Gasteiger partial charge on any atom is -0.480 e. The first kappa shape index (κ1) is 12.1. The van der Waals surface area contributed by atoms with E-state index in [0.717, 1.165) is 13.1 Å². The summed E-state index contributed by atoms with van der Waals surface area (Å²) in [5.74, 6) is -0.749. The summed E-state index contributed by atoms with van der Waals surface area (Å²) in [4.78, 5) is 13.1. The number of carbonyl (C=O) groups is 1. The van der Waals surface area contributed by atoms with Crippen LogP contribution in [0.1, 0.15) is 12.0 Å². The molecule has 2 rings (SSSR count). The largest absolute Gasteiger partial charge is 0.480 e. The van der Waals surface area contributed by atoms with Gasteiger partial charge in [-0.3, -0.25) is 9.69 Å². The molecule has 0 radical (unpaired) electrons. The van der Waals surface area contributed by atoms with E-state index in [4.69, 9.17) is 5.11 Å². The second-order valence-corrected chi connectivity index (χ2v) is 4.59. The van der Waals surface area contributed by atoms with Crippen LogP contribution in [0, 0.1) is 0 Å². The van der Waals surface area contributed by atoms with Gasteiger partial charge in [-0.1, -0.05) is 30.3 Å². The van der Waals surface area contributed by atoms with Crippen LogP contribution < -0.4 is 5.32 Å². The van der Waals surface area contributed by atoms with Crippen LogP contribution in [-0.4, -0.2) is 41.7 Å². The molecule has 92 valence electrons. The van der Waals surface area contributed by atoms with E-state index in [1.54, 1.807) is 0 Å². The van der Waals surface area contributed by atoms with E-state index >= 15 is 0 Å². The molecular weight excluding hydrogens is 216 g/mol. The molecule has 1 heterocycles. The highest BCUT2D eigenvalue weighted by atomic mass is 16.4. The zero-order chi connectivity index (χ0) is 12.3. The highest BCUT2D eigenvalue weighted by Gasteiger charge is 2.31. The van der Waals surface area contributed by atoms with Gasteiger partial charge in [-0.05, 0) is 19.0 Å². The minimum atomic E-state index is -0.749. The Kier molecular flexibility index (Phi) is 3.76. The molecule has 0 saturated carbocycles. The summed E-state index contributed by atoms with van der Waals surface area (Å²) < 4.78 is 0. The topological polar surface area (TPSA) is 52.6 Å². The molecule has 2 N–H and O–H groups in total. The first-order valence-electron chi connectivity index (χ1n) is 5.87. The van der Waals surface area contributed by atoms with E-state index in [2.05, 4.69) is 22.3 Å². The fourth-order valence-corrected chi connectivity index (χ4v) is 2.24. The molecule has 4 nitrogen and oxygen atoms in total. The molecule has 1 unspecified atom stereocenters. The minimum absolute atomic E-state index is 0.302. The van der Waals surface area contributed by atoms with Crippen molar-refractivity contribution in [2.75, 3.05) is 13.6 Å². The number of carboxylic acids is 1. The zero-order valence-electron chi connectivity index (χ0n) is 9.97. The van der Waals surface area contributed by atoms with Gasteiger partial charge in [-0.25, -0.2) is 0 Å². The average molecular weight is 234 g/mol. The number of nitrogens with zero attached hydrogens (tertiary/aromatic N) is 1. The summed E-state index contributed by atoms with van der Waals surface area (Å²) in [6, 6.07) is 10.1. The first-order chi connectivity index (χ1) is 8.16. The SMILES string of the molecule is CN(Cc1ccccc1)C1CN[C@H](C(=O)O)C1. The van der Waals surface area contributed by atoms with Crippen molar-refractivity contribution in [1.29, 1.82) is 0 Å². The molecular formula is C13H18N2O2. The summed E-state index contributed by atoms with van der Waals surface area (Å²) in [5.41, 5.74) is 1.26. The summed E-state index contributed by atoms with van der Waals surface area (Å²) in [6.07, 6.45) is 0.679. The fourth-order valence-electron chi connectivity index (χ4n) is 2.24. The Bertz CT molecular complexity index is 380.